The van der Waals surface area contributed by atoms with E-state index in [0.717, 1.165) is 11.8 Å². The summed E-state index contributed by atoms with van der Waals surface area (Å²) in [6.07, 6.45) is 1.51. The van der Waals surface area contributed by atoms with Crippen LogP contribution in [0.3, 0.4) is 0 Å². The third-order valence-corrected chi connectivity index (χ3v) is 4.62. The van der Waals surface area contributed by atoms with E-state index < -0.39 is 16.2 Å². The van der Waals surface area contributed by atoms with E-state index in [0.29, 0.717) is 19.4 Å². The summed E-state index contributed by atoms with van der Waals surface area (Å²) in [6, 6.07) is 9.05. The first-order valence-corrected chi connectivity index (χ1v) is 10.1. The molecule has 140 valence electrons. The summed E-state index contributed by atoms with van der Waals surface area (Å²) in [5, 5.41) is 1.65. The van der Waals surface area contributed by atoms with Gasteiger partial charge in [0.25, 0.3) is 10.1 Å². The Morgan fingerprint density at radius 2 is 2.04 bits per heavy atom. The average molecular weight is 371 g/mol. The van der Waals surface area contributed by atoms with Crippen LogP contribution < -0.4 is 0 Å². The molecule has 1 aliphatic heterocycles. The standard InChI is InChI=1S/C17H25NO6S/c1-4-22-17(19)16-12-15(10-11-23-25(3,20)21)24-18(16)13(2)14-8-6-5-7-9-14/h5-9,13,15-16H,4,10-12H2,1-3H3/t13-,15?,16?/m1/s1. The predicted octanol–water partition coefficient (Wildman–Crippen LogP) is 2.05. The molecular formula is C17H25NO6S. The van der Waals surface area contributed by atoms with Crippen LogP contribution in [-0.2, 0) is 28.7 Å². The van der Waals surface area contributed by atoms with Crippen LogP contribution in [0.2, 0.25) is 0 Å². The molecule has 0 amide bonds. The van der Waals surface area contributed by atoms with Gasteiger partial charge in [-0.1, -0.05) is 30.3 Å². The molecule has 3 atom stereocenters. The van der Waals surface area contributed by atoms with E-state index >= 15 is 0 Å². The highest BCUT2D eigenvalue weighted by molar-refractivity contribution is 7.85. The second-order valence-corrected chi connectivity index (χ2v) is 7.64. The highest BCUT2D eigenvalue weighted by atomic mass is 32.2. The van der Waals surface area contributed by atoms with Crippen LogP contribution in [0.15, 0.2) is 30.3 Å². The number of esters is 1. The van der Waals surface area contributed by atoms with Crippen LogP contribution in [0.5, 0.6) is 0 Å². The van der Waals surface area contributed by atoms with Gasteiger partial charge in [-0.25, -0.2) is 0 Å². The number of carbonyl (C=O) groups is 1. The van der Waals surface area contributed by atoms with E-state index in [4.69, 9.17) is 13.8 Å². The third kappa shape index (κ3) is 5.78. The van der Waals surface area contributed by atoms with E-state index in [-0.39, 0.29) is 24.7 Å². The highest BCUT2D eigenvalue weighted by Gasteiger charge is 2.41. The Kier molecular flexibility index (Phi) is 6.95. The van der Waals surface area contributed by atoms with Gasteiger partial charge in [-0.15, -0.1) is 0 Å². The maximum absolute atomic E-state index is 12.3. The van der Waals surface area contributed by atoms with Gasteiger partial charge in [-0.05, 0) is 19.4 Å². The largest absolute Gasteiger partial charge is 0.465 e. The van der Waals surface area contributed by atoms with Crippen LogP contribution >= 0.6 is 0 Å². The SMILES string of the molecule is CCOC(=O)C1CC(CCOS(C)(=O)=O)ON1[C@H](C)c1ccccc1. The number of rotatable bonds is 8. The predicted molar refractivity (Wildman–Crippen MR) is 92.0 cm³/mol. The molecule has 0 aromatic heterocycles. The van der Waals surface area contributed by atoms with Gasteiger partial charge in [0.1, 0.15) is 6.04 Å². The van der Waals surface area contributed by atoms with Crippen molar-refractivity contribution in [2.45, 2.75) is 44.9 Å². The van der Waals surface area contributed by atoms with Crippen LogP contribution in [0, 0.1) is 0 Å². The van der Waals surface area contributed by atoms with Gasteiger partial charge in [-0.2, -0.15) is 13.5 Å². The van der Waals surface area contributed by atoms with Gasteiger partial charge in [0.15, 0.2) is 0 Å². The molecule has 0 saturated carbocycles. The first kappa shape index (κ1) is 19.8. The minimum atomic E-state index is -3.49. The molecule has 1 fully saturated rings. The number of hydroxylamine groups is 2. The Balaban J connectivity index is 2.07. The van der Waals surface area contributed by atoms with E-state index in [9.17, 15) is 13.2 Å². The fraction of sp³-hybridized carbons (Fsp3) is 0.588. The topological polar surface area (TPSA) is 82.1 Å². The van der Waals surface area contributed by atoms with Gasteiger partial charge in [0.2, 0.25) is 0 Å². The Morgan fingerprint density at radius 3 is 2.64 bits per heavy atom. The Labute approximate surface area is 148 Å². The lowest BCUT2D eigenvalue weighted by Crippen LogP contribution is -2.38. The second kappa shape index (κ2) is 8.75. The van der Waals surface area contributed by atoms with Crippen molar-refractivity contribution in [1.82, 2.24) is 5.06 Å². The molecule has 0 aliphatic carbocycles. The molecule has 2 rings (SSSR count). The summed E-state index contributed by atoms with van der Waals surface area (Å²) in [5.74, 6) is -0.336. The zero-order chi connectivity index (χ0) is 18.4. The van der Waals surface area contributed by atoms with Crippen LogP contribution in [0.1, 0.15) is 38.3 Å². The van der Waals surface area contributed by atoms with E-state index in [1.165, 1.54) is 0 Å². The first-order valence-electron chi connectivity index (χ1n) is 8.33. The maximum atomic E-state index is 12.3. The number of benzene rings is 1. The van der Waals surface area contributed by atoms with Gasteiger partial charge < -0.3 is 4.74 Å². The molecule has 1 heterocycles. The Hall–Kier alpha value is -1.48. The molecule has 1 aromatic carbocycles. The van der Waals surface area contributed by atoms with E-state index in [1.54, 1.807) is 12.0 Å². The van der Waals surface area contributed by atoms with Crippen molar-refractivity contribution in [2.75, 3.05) is 19.5 Å². The van der Waals surface area contributed by atoms with Crippen molar-refractivity contribution in [2.24, 2.45) is 0 Å². The molecule has 0 radical (unpaired) electrons. The molecule has 0 bridgehead atoms. The third-order valence-electron chi connectivity index (χ3n) is 4.02. The molecule has 8 heteroatoms. The van der Waals surface area contributed by atoms with Crippen LogP contribution in [0.25, 0.3) is 0 Å². The number of nitrogens with zero attached hydrogens (tertiary/aromatic N) is 1. The molecule has 2 unspecified atom stereocenters. The molecular weight excluding hydrogens is 346 g/mol. The summed E-state index contributed by atoms with van der Waals surface area (Å²) in [4.78, 5) is 18.2. The van der Waals surface area contributed by atoms with Gasteiger partial charge in [-0.3, -0.25) is 13.8 Å². The number of hydrogen-bond donors (Lipinski definition) is 0. The zero-order valence-electron chi connectivity index (χ0n) is 14.8. The fourth-order valence-corrected chi connectivity index (χ4v) is 3.22. The number of carbonyl (C=O) groups excluding carboxylic acids is 1. The molecule has 1 saturated heterocycles. The van der Waals surface area contributed by atoms with Crippen molar-refractivity contribution in [1.29, 1.82) is 0 Å². The molecule has 7 nitrogen and oxygen atoms in total. The summed E-state index contributed by atoms with van der Waals surface area (Å²) in [5.41, 5.74) is 1.02. The van der Waals surface area contributed by atoms with Crippen molar-refractivity contribution in [3.63, 3.8) is 0 Å². The number of hydrogen-bond acceptors (Lipinski definition) is 7. The lowest BCUT2D eigenvalue weighted by molar-refractivity contribution is -0.200. The van der Waals surface area contributed by atoms with Crippen molar-refractivity contribution in [3.05, 3.63) is 35.9 Å². The Bertz CT molecular complexity index is 663. The van der Waals surface area contributed by atoms with Crippen molar-refractivity contribution < 1.29 is 27.0 Å². The average Bonchev–Trinajstić information content (AvgIpc) is 2.98. The lowest BCUT2D eigenvalue weighted by atomic mass is 10.0. The fourth-order valence-electron chi connectivity index (χ4n) is 2.82. The maximum Gasteiger partial charge on any atom is 0.325 e. The molecule has 25 heavy (non-hydrogen) atoms. The molecule has 1 aromatic rings. The van der Waals surface area contributed by atoms with Crippen molar-refractivity contribution in [3.8, 4) is 0 Å². The lowest BCUT2D eigenvalue weighted by Gasteiger charge is -2.28. The summed E-state index contributed by atoms with van der Waals surface area (Å²) >= 11 is 0. The summed E-state index contributed by atoms with van der Waals surface area (Å²) in [7, 11) is -3.49. The monoisotopic (exact) mass is 371 g/mol. The number of ether oxygens (including phenoxy) is 1. The highest BCUT2D eigenvalue weighted by Crippen LogP contribution is 2.33. The second-order valence-electron chi connectivity index (χ2n) is 5.99. The Morgan fingerprint density at radius 1 is 1.36 bits per heavy atom. The minimum absolute atomic E-state index is 0.0204. The summed E-state index contributed by atoms with van der Waals surface area (Å²) < 4.78 is 32.1. The van der Waals surface area contributed by atoms with E-state index in [1.807, 2.05) is 37.3 Å². The molecule has 1 aliphatic rings. The van der Waals surface area contributed by atoms with E-state index in [2.05, 4.69) is 0 Å². The normalized spacial score (nSPS) is 22.7. The zero-order valence-corrected chi connectivity index (χ0v) is 15.6. The van der Waals surface area contributed by atoms with Gasteiger partial charge >= 0.3 is 5.97 Å². The van der Waals surface area contributed by atoms with Crippen LogP contribution in [-0.4, -0.2) is 51.1 Å². The molecule has 0 N–H and O–H groups in total. The summed E-state index contributed by atoms with van der Waals surface area (Å²) in [6.45, 7) is 4.03. The smallest absolute Gasteiger partial charge is 0.325 e. The van der Waals surface area contributed by atoms with Gasteiger partial charge in [0, 0.05) is 12.8 Å². The minimum Gasteiger partial charge on any atom is -0.465 e. The first-order chi connectivity index (χ1) is 11.8. The quantitative estimate of drug-likeness (QED) is 0.511. The molecule has 0 spiro atoms. The van der Waals surface area contributed by atoms with Crippen LogP contribution in [0.4, 0.5) is 0 Å². The van der Waals surface area contributed by atoms with Gasteiger partial charge in [0.05, 0.1) is 31.6 Å². The van der Waals surface area contributed by atoms with Crippen molar-refractivity contribution >= 4 is 16.1 Å².